The van der Waals surface area contributed by atoms with E-state index in [1.165, 1.54) is 44.5 Å². The zero-order chi connectivity index (χ0) is 15.2. The van der Waals surface area contributed by atoms with E-state index >= 15 is 0 Å². The summed E-state index contributed by atoms with van der Waals surface area (Å²) in [7, 11) is 0. The summed E-state index contributed by atoms with van der Waals surface area (Å²) < 4.78 is 0. The van der Waals surface area contributed by atoms with Crippen LogP contribution in [-0.2, 0) is 0 Å². The van der Waals surface area contributed by atoms with E-state index in [9.17, 15) is 0 Å². The molecular weight excluding hydrogens is 280 g/mol. The highest BCUT2D eigenvalue weighted by molar-refractivity contribution is 6.30. The van der Waals surface area contributed by atoms with Crippen molar-refractivity contribution in [1.82, 2.24) is 10.2 Å². The van der Waals surface area contributed by atoms with E-state index in [0.717, 1.165) is 10.9 Å². The molecule has 21 heavy (non-hydrogen) atoms. The molecule has 3 atom stereocenters. The Morgan fingerprint density at radius 2 is 2.19 bits per heavy atom. The molecule has 0 bridgehead atoms. The number of halogens is 1. The molecular formula is C18H29ClN2. The monoisotopic (exact) mass is 308 g/mol. The summed E-state index contributed by atoms with van der Waals surface area (Å²) in [6.07, 6.45) is 3.94. The van der Waals surface area contributed by atoms with Crippen molar-refractivity contribution in [1.29, 1.82) is 0 Å². The lowest BCUT2D eigenvalue weighted by molar-refractivity contribution is 0.147. The Bertz CT molecular complexity index is 433. The number of benzene rings is 1. The van der Waals surface area contributed by atoms with Crippen molar-refractivity contribution in [3.8, 4) is 0 Å². The van der Waals surface area contributed by atoms with Crippen LogP contribution < -0.4 is 5.32 Å². The van der Waals surface area contributed by atoms with Crippen LogP contribution in [0, 0.1) is 5.92 Å². The maximum atomic E-state index is 6.09. The van der Waals surface area contributed by atoms with E-state index in [0.29, 0.717) is 12.1 Å². The second-order valence-electron chi connectivity index (χ2n) is 6.43. The van der Waals surface area contributed by atoms with Gasteiger partial charge in [0.2, 0.25) is 0 Å². The summed E-state index contributed by atoms with van der Waals surface area (Å²) >= 11 is 6.09. The Morgan fingerprint density at radius 1 is 1.38 bits per heavy atom. The Labute approximate surface area is 134 Å². The van der Waals surface area contributed by atoms with Crippen molar-refractivity contribution in [2.45, 2.75) is 52.1 Å². The molecule has 1 aromatic carbocycles. The summed E-state index contributed by atoms with van der Waals surface area (Å²) in [5, 5.41) is 4.59. The van der Waals surface area contributed by atoms with Gasteiger partial charge in [0.15, 0.2) is 0 Å². The Morgan fingerprint density at radius 3 is 2.90 bits per heavy atom. The summed E-state index contributed by atoms with van der Waals surface area (Å²) in [6, 6.07) is 9.07. The van der Waals surface area contributed by atoms with E-state index in [4.69, 9.17) is 11.6 Å². The number of hydrogen-bond acceptors (Lipinski definition) is 2. The molecule has 1 heterocycles. The Hall–Kier alpha value is -0.570. The third-order valence-corrected chi connectivity index (χ3v) is 4.89. The van der Waals surface area contributed by atoms with Crippen molar-refractivity contribution < 1.29 is 0 Å². The second kappa shape index (κ2) is 8.17. The smallest absolute Gasteiger partial charge is 0.0409 e. The van der Waals surface area contributed by atoms with E-state index in [-0.39, 0.29) is 0 Å². The summed E-state index contributed by atoms with van der Waals surface area (Å²) in [5.74, 6) is 0.756. The van der Waals surface area contributed by atoms with Gasteiger partial charge in [-0.2, -0.15) is 0 Å². The molecule has 0 radical (unpaired) electrons. The van der Waals surface area contributed by atoms with Gasteiger partial charge in [-0.05, 0) is 69.8 Å². The first-order valence-corrected chi connectivity index (χ1v) is 8.71. The number of nitrogens with one attached hydrogen (secondary N) is 1. The van der Waals surface area contributed by atoms with E-state index in [2.05, 4.69) is 43.1 Å². The molecule has 1 aliphatic heterocycles. The number of hydrogen-bond donors (Lipinski definition) is 1. The third-order valence-electron chi connectivity index (χ3n) is 4.65. The number of piperidine rings is 1. The second-order valence-corrected chi connectivity index (χ2v) is 6.87. The van der Waals surface area contributed by atoms with Gasteiger partial charge in [0.25, 0.3) is 0 Å². The van der Waals surface area contributed by atoms with Gasteiger partial charge < -0.3 is 10.2 Å². The fraction of sp³-hybridized carbons (Fsp3) is 0.667. The van der Waals surface area contributed by atoms with Crippen LogP contribution in [0.2, 0.25) is 5.02 Å². The molecule has 0 aromatic heterocycles. The largest absolute Gasteiger partial charge is 0.307 e. The van der Waals surface area contributed by atoms with E-state index < -0.39 is 0 Å². The lowest BCUT2D eigenvalue weighted by atomic mass is 9.90. The molecule has 1 fully saturated rings. The maximum Gasteiger partial charge on any atom is 0.0409 e. The Balaban J connectivity index is 1.89. The van der Waals surface area contributed by atoms with Gasteiger partial charge >= 0.3 is 0 Å². The lowest BCUT2D eigenvalue weighted by Gasteiger charge is -2.37. The molecule has 1 N–H and O–H groups in total. The fourth-order valence-electron chi connectivity index (χ4n) is 3.42. The van der Waals surface area contributed by atoms with E-state index in [1.54, 1.807) is 0 Å². The van der Waals surface area contributed by atoms with Gasteiger partial charge in [-0.15, -0.1) is 0 Å². The van der Waals surface area contributed by atoms with Gasteiger partial charge in [-0.3, -0.25) is 0 Å². The molecule has 2 nitrogen and oxygen atoms in total. The highest BCUT2D eigenvalue weighted by Gasteiger charge is 2.25. The zero-order valence-corrected chi connectivity index (χ0v) is 14.4. The highest BCUT2D eigenvalue weighted by atomic mass is 35.5. The minimum absolute atomic E-state index is 0.347. The normalized spacial score (nSPS) is 23.0. The van der Waals surface area contributed by atoms with Crippen LogP contribution in [-0.4, -0.2) is 30.6 Å². The van der Waals surface area contributed by atoms with Gasteiger partial charge in [0, 0.05) is 23.7 Å². The van der Waals surface area contributed by atoms with Gasteiger partial charge in [-0.1, -0.05) is 30.7 Å². The summed E-state index contributed by atoms with van der Waals surface area (Å²) in [6.45, 7) is 10.6. The molecule has 1 saturated heterocycles. The molecule has 2 rings (SSSR count). The number of likely N-dealkylation sites (tertiary alicyclic amines) is 1. The molecule has 0 amide bonds. The quantitative estimate of drug-likeness (QED) is 0.832. The standard InChI is InChI=1S/C18H29ClN2/c1-4-10-21-11-6-8-17(13-21)15(3)20-14(2)16-7-5-9-18(19)12-16/h5,7,9,12,14-15,17,20H,4,6,8,10-11,13H2,1-3H3/t14-,15?,17?/m0/s1. The molecule has 2 unspecified atom stereocenters. The first kappa shape index (κ1) is 16.8. The SMILES string of the molecule is CCCN1CCCC(C(C)N[C@@H](C)c2cccc(Cl)c2)C1. The van der Waals surface area contributed by atoms with Crippen LogP contribution >= 0.6 is 11.6 Å². The predicted octanol–water partition coefficient (Wildman–Crippen LogP) is 4.50. The topological polar surface area (TPSA) is 15.3 Å². The predicted molar refractivity (Wildman–Crippen MR) is 91.9 cm³/mol. The van der Waals surface area contributed by atoms with Crippen LogP contribution in [0.15, 0.2) is 24.3 Å². The highest BCUT2D eigenvalue weighted by Crippen LogP contribution is 2.23. The van der Waals surface area contributed by atoms with Gasteiger partial charge in [0.1, 0.15) is 0 Å². The molecule has 118 valence electrons. The number of nitrogens with zero attached hydrogens (tertiary/aromatic N) is 1. The first-order chi connectivity index (χ1) is 10.1. The summed E-state index contributed by atoms with van der Waals surface area (Å²) in [5.41, 5.74) is 1.27. The zero-order valence-electron chi connectivity index (χ0n) is 13.6. The van der Waals surface area contributed by atoms with Crippen molar-refractivity contribution in [3.05, 3.63) is 34.9 Å². The van der Waals surface area contributed by atoms with Crippen molar-refractivity contribution in [2.24, 2.45) is 5.92 Å². The van der Waals surface area contributed by atoms with Crippen molar-refractivity contribution in [3.63, 3.8) is 0 Å². The van der Waals surface area contributed by atoms with Crippen LogP contribution in [0.4, 0.5) is 0 Å². The van der Waals surface area contributed by atoms with E-state index in [1.807, 2.05) is 12.1 Å². The van der Waals surface area contributed by atoms with Gasteiger partial charge in [0.05, 0.1) is 0 Å². The molecule has 0 saturated carbocycles. The molecule has 1 aliphatic rings. The minimum atomic E-state index is 0.347. The van der Waals surface area contributed by atoms with Crippen LogP contribution in [0.5, 0.6) is 0 Å². The van der Waals surface area contributed by atoms with Crippen LogP contribution in [0.3, 0.4) is 0 Å². The van der Waals surface area contributed by atoms with Crippen molar-refractivity contribution in [2.75, 3.05) is 19.6 Å². The fourth-order valence-corrected chi connectivity index (χ4v) is 3.62. The molecule has 0 aliphatic carbocycles. The molecule has 3 heteroatoms. The van der Waals surface area contributed by atoms with Crippen LogP contribution in [0.25, 0.3) is 0 Å². The lowest BCUT2D eigenvalue weighted by Crippen LogP contribution is -2.45. The maximum absolute atomic E-state index is 6.09. The van der Waals surface area contributed by atoms with Crippen LogP contribution in [0.1, 0.15) is 51.6 Å². The third kappa shape index (κ3) is 4.98. The first-order valence-electron chi connectivity index (χ1n) is 8.34. The number of rotatable bonds is 6. The van der Waals surface area contributed by atoms with Gasteiger partial charge in [-0.25, -0.2) is 0 Å². The average Bonchev–Trinajstić information content (AvgIpc) is 2.48. The summed E-state index contributed by atoms with van der Waals surface area (Å²) in [4.78, 5) is 2.62. The molecule has 0 spiro atoms. The average molecular weight is 309 g/mol. The van der Waals surface area contributed by atoms with Crippen molar-refractivity contribution >= 4 is 11.6 Å². The molecule has 1 aromatic rings. The minimum Gasteiger partial charge on any atom is -0.307 e. The Kier molecular flexibility index (Phi) is 6.53.